The Morgan fingerprint density at radius 2 is 1.22 bits per heavy atom. The molecule has 2 aromatic carbocycles. The molecule has 2 aliphatic rings. The zero-order valence-corrected chi connectivity index (χ0v) is 11.0. The molecular weight excluding hydrogens is 262 g/mol. The molecule has 0 N–H and O–H groups in total. The van der Waals surface area contributed by atoms with E-state index in [1.165, 1.54) is 9.79 Å². The van der Waals surface area contributed by atoms with E-state index in [4.69, 9.17) is 9.31 Å². The highest BCUT2D eigenvalue weighted by Gasteiger charge is 2.47. The van der Waals surface area contributed by atoms with Crippen LogP contribution in [0.1, 0.15) is 0 Å². The van der Waals surface area contributed by atoms with Gasteiger partial charge in [-0.1, -0.05) is 24.3 Å². The van der Waals surface area contributed by atoms with Crippen LogP contribution in [-0.4, -0.2) is 12.2 Å². The summed E-state index contributed by atoms with van der Waals surface area (Å²) >= 11 is 3.63. The molecular formula is C12H8B2O2S2. The van der Waals surface area contributed by atoms with Crippen LogP contribution in [0.3, 0.4) is 0 Å². The summed E-state index contributed by atoms with van der Waals surface area (Å²) < 4.78 is 11.7. The maximum absolute atomic E-state index is 5.86. The Labute approximate surface area is 114 Å². The lowest BCUT2D eigenvalue weighted by atomic mass is 9.60. The smallest absolute Gasteiger partial charge is 0.528 e. The summed E-state index contributed by atoms with van der Waals surface area (Å²) in [6, 6.07) is 16.3. The Bertz CT molecular complexity index is 505. The molecule has 4 rings (SSSR count). The van der Waals surface area contributed by atoms with Gasteiger partial charge >= 0.3 is 12.2 Å². The molecule has 0 radical (unpaired) electrons. The normalized spacial score (nSPS) is 16.0. The highest BCUT2D eigenvalue weighted by atomic mass is 32.2. The summed E-state index contributed by atoms with van der Waals surface area (Å²) in [6.07, 6.45) is 0. The quantitative estimate of drug-likeness (QED) is 0.739. The van der Waals surface area contributed by atoms with Crippen LogP contribution in [0.15, 0.2) is 58.3 Å². The molecule has 0 saturated heterocycles. The van der Waals surface area contributed by atoms with Crippen molar-refractivity contribution in [3.05, 3.63) is 48.5 Å². The van der Waals surface area contributed by atoms with Gasteiger partial charge in [-0.05, 0) is 24.3 Å². The molecule has 0 aromatic heterocycles. The second-order valence-electron chi connectivity index (χ2n) is 4.10. The number of para-hydroxylation sites is 2. The molecule has 86 valence electrons. The molecule has 0 spiro atoms. The monoisotopic (exact) mass is 270 g/mol. The average molecular weight is 270 g/mol. The van der Waals surface area contributed by atoms with E-state index in [1.54, 1.807) is 0 Å². The molecule has 2 aromatic rings. The first kappa shape index (κ1) is 10.8. The van der Waals surface area contributed by atoms with E-state index in [2.05, 4.69) is 24.3 Å². The SMILES string of the molecule is c1ccc2c(c1)OB(B1Sc3ccccc3S1)O2. The van der Waals surface area contributed by atoms with Gasteiger partial charge in [0.05, 0.1) is 0 Å². The maximum atomic E-state index is 5.86. The van der Waals surface area contributed by atoms with Crippen molar-refractivity contribution in [3.8, 4) is 11.5 Å². The van der Waals surface area contributed by atoms with Crippen molar-refractivity contribution >= 4 is 35.4 Å². The van der Waals surface area contributed by atoms with Crippen LogP contribution in [0, 0.1) is 0 Å². The third kappa shape index (κ3) is 1.71. The third-order valence-corrected chi connectivity index (χ3v) is 5.73. The summed E-state index contributed by atoms with van der Waals surface area (Å²) in [5, 5.41) is 0.259. The fraction of sp³-hybridized carbons (Fsp3) is 0. The van der Waals surface area contributed by atoms with Gasteiger partial charge in [0.1, 0.15) is 11.5 Å². The highest BCUT2D eigenvalue weighted by Crippen LogP contribution is 2.48. The molecule has 0 aliphatic carbocycles. The van der Waals surface area contributed by atoms with Crippen LogP contribution in [0.4, 0.5) is 0 Å². The van der Waals surface area contributed by atoms with Crippen LogP contribution >= 0.6 is 23.2 Å². The minimum atomic E-state index is -0.204. The predicted molar refractivity (Wildman–Crippen MR) is 77.4 cm³/mol. The minimum absolute atomic E-state index is 0.204. The van der Waals surface area contributed by atoms with Crippen LogP contribution in [0.2, 0.25) is 0 Å². The minimum Gasteiger partial charge on any atom is -0.528 e. The number of benzene rings is 2. The van der Waals surface area contributed by atoms with Crippen molar-refractivity contribution in [2.24, 2.45) is 0 Å². The van der Waals surface area contributed by atoms with Crippen molar-refractivity contribution in [1.29, 1.82) is 0 Å². The molecule has 2 nitrogen and oxygen atoms in total. The van der Waals surface area contributed by atoms with Crippen LogP contribution in [0.5, 0.6) is 11.5 Å². The number of hydrogen-bond acceptors (Lipinski definition) is 4. The predicted octanol–water partition coefficient (Wildman–Crippen LogP) is 3.41. The van der Waals surface area contributed by atoms with E-state index in [0.29, 0.717) is 0 Å². The zero-order valence-electron chi connectivity index (χ0n) is 9.41. The molecule has 0 bridgehead atoms. The Kier molecular flexibility index (Phi) is 2.52. The first-order valence-electron chi connectivity index (χ1n) is 5.75. The molecule has 0 unspecified atom stereocenters. The number of rotatable bonds is 1. The Hall–Kier alpha value is -1.13. The van der Waals surface area contributed by atoms with E-state index in [-0.39, 0.29) is 12.2 Å². The molecule has 2 aliphatic heterocycles. The molecule has 0 atom stereocenters. The summed E-state index contributed by atoms with van der Waals surface area (Å²) in [7, 11) is -0.204. The van der Waals surface area contributed by atoms with E-state index in [1.807, 2.05) is 47.5 Å². The average Bonchev–Trinajstić information content (AvgIpc) is 3.02. The molecule has 18 heavy (non-hydrogen) atoms. The van der Waals surface area contributed by atoms with Gasteiger partial charge < -0.3 is 9.31 Å². The molecule has 0 amide bonds. The zero-order chi connectivity index (χ0) is 11.9. The van der Waals surface area contributed by atoms with Crippen LogP contribution in [-0.2, 0) is 0 Å². The molecule has 6 heteroatoms. The highest BCUT2D eigenvalue weighted by molar-refractivity contribution is 8.61. The van der Waals surface area contributed by atoms with Gasteiger partial charge in [0.25, 0.3) is 0 Å². The summed E-state index contributed by atoms with van der Waals surface area (Å²) in [5.41, 5.74) is 0. The van der Waals surface area contributed by atoms with Crippen molar-refractivity contribution in [1.82, 2.24) is 0 Å². The molecule has 0 fully saturated rings. The van der Waals surface area contributed by atoms with Gasteiger partial charge in [0.2, 0.25) is 0 Å². The number of fused-ring (bicyclic) bond motifs is 2. The molecule has 0 saturated carbocycles. The van der Waals surface area contributed by atoms with Crippen molar-refractivity contribution in [3.63, 3.8) is 0 Å². The molecule has 2 heterocycles. The summed E-state index contributed by atoms with van der Waals surface area (Å²) in [4.78, 5) is 2.63. The van der Waals surface area contributed by atoms with Gasteiger partial charge in [0.15, 0.2) is 0 Å². The van der Waals surface area contributed by atoms with Gasteiger partial charge in [-0.15, -0.1) is 0 Å². The fourth-order valence-corrected chi connectivity index (χ4v) is 4.79. The second-order valence-corrected chi connectivity index (χ2v) is 6.77. The second kappa shape index (κ2) is 4.21. The number of hydrogen-bond donors (Lipinski definition) is 0. The Morgan fingerprint density at radius 1 is 0.722 bits per heavy atom. The Morgan fingerprint density at radius 3 is 1.78 bits per heavy atom. The fourth-order valence-electron chi connectivity index (χ4n) is 2.06. The van der Waals surface area contributed by atoms with Gasteiger partial charge in [0, 0.05) is 9.79 Å². The standard InChI is InChI=1S/C12H8B2O2S2/c1-2-6-10-9(5-1)15-13(16-10)14-17-11-7-3-4-8-12(11)18-14/h1-8H. The van der Waals surface area contributed by atoms with Crippen molar-refractivity contribution in [2.75, 3.05) is 0 Å². The first-order valence-corrected chi connectivity index (χ1v) is 7.51. The lowest BCUT2D eigenvalue weighted by Crippen LogP contribution is -2.38. The maximum Gasteiger partial charge on any atom is 0.566 e. The third-order valence-electron chi connectivity index (χ3n) is 2.89. The van der Waals surface area contributed by atoms with E-state index >= 15 is 0 Å². The summed E-state index contributed by atoms with van der Waals surface area (Å²) in [6.45, 7) is 0. The van der Waals surface area contributed by atoms with Crippen molar-refractivity contribution < 1.29 is 9.31 Å². The van der Waals surface area contributed by atoms with Gasteiger partial charge in [-0.2, -0.15) is 23.2 Å². The lowest BCUT2D eigenvalue weighted by molar-refractivity contribution is 0.528. The van der Waals surface area contributed by atoms with Crippen LogP contribution in [0.25, 0.3) is 0 Å². The van der Waals surface area contributed by atoms with Gasteiger partial charge in [-0.25, -0.2) is 0 Å². The topological polar surface area (TPSA) is 18.5 Å². The van der Waals surface area contributed by atoms with E-state index in [0.717, 1.165) is 11.5 Å². The van der Waals surface area contributed by atoms with Crippen molar-refractivity contribution in [2.45, 2.75) is 9.79 Å². The largest absolute Gasteiger partial charge is 0.566 e. The lowest BCUT2D eigenvalue weighted by Gasteiger charge is -2.06. The van der Waals surface area contributed by atoms with E-state index in [9.17, 15) is 0 Å². The first-order chi connectivity index (χ1) is 8.90. The summed E-state index contributed by atoms with van der Waals surface area (Å²) in [5.74, 6) is 1.69. The van der Waals surface area contributed by atoms with E-state index < -0.39 is 0 Å². The van der Waals surface area contributed by atoms with Gasteiger partial charge in [-0.3, -0.25) is 0 Å². The Balaban J connectivity index is 1.56. The van der Waals surface area contributed by atoms with Crippen LogP contribution < -0.4 is 9.31 Å².